The molecule has 0 spiro atoms. The van der Waals surface area contributed by atoms with Gasteiger partial charge in [0.1, 0.15) is 0 Å². The summed E-state index contributed by atoms with van der Waals surface area (Å²) in [6, 6.07) is 11.1. The summed E-state index contributed by atoms with van der Waals surface area (Å²) in [5, 5.41) is 0.312. The summed E-state index contributed by atoms with van der Waals surface area (Å²) >= 11 is 12.2. The quantitative estimate of drug-likeness (QED) is 0.457. The Hall–Kier alpha value is -2.26. The van der Waals surface area contributed by atoms with Gasteiger partial charge in [0.25, 0.3) is 15.0 Å². The molecule has 150 valence electrons. The molecule has 29 heavy (non-hydrogen) atoms. The van der Waals surface area contributed by atoms with Crippen LogP contribution in [0.25, 0.3) is 0 Å². The number of carbonyl (C=O) groups excluding carboxylic acids is 1. The van der Waals surface area contributed by atoms with Crippen molar-refractivity contribution in [3.8, 4) is 0 Å². The summed E-state index contributed by atoms with van der Waals surface area (Å²) in [5.74, 6) is -0.378. The topological polar surface area (TPSA) is 98.3 Å². The molecule has 1 aliphatic rings. The molecule has 0 unspecified atom stereocenters. The molecule has 2 aromatic carbocycles. The maximum atomic E-state index is 13.6. The number of nitrogens with two attached hydrogens (primary N) is 1. The number of amides is 1. The van der Waals surface area contributed by atoms with E-state index in [1.165, 1.54) is 27.7 Å². The van der Waals surface area contributed by atoms with Crippen LogP contribution in [0.5, 0.6) is 0 Å². The van der Waals surface area contributed by atoms with Crippen LogP contribution >= 0.6 is 33.9 Å². The lowest BCUT2D eigenvalue weighted by Crippen LogP contribution is -2.40. The Morgan fingerprint density at radius 1 is 1.07 bits per heavy atom. The number of halogens is 3. The molecule has 1 amide bonds. The van der Waals surface area contributed by atoms with Gasteiger partial charge in [-0.1, -0.05) is 35.3 Å². The van der Waals surface area contributed by atoms with Crippen LogP contribution in [-0.4, -0.2) is 23.9 Å². The third-order valence-electron chi connectivity index (χ3n) is 4.81. The molecule has 7 nitrogen and oxygen atoms in total. The zero-order valence-electron chi connectivity index (χ0n) is 14.8. The monoisotopic (exact) mass is 470 g/mol. The predicted octanol–water partition coefficient (Wildman–Crippen LogP) is 4.14. The van der Waals surface area contributed by atoms with Gasteiger partial charge in [0, 0.05) is 26.4 Å². The van der Waals surface area contributed by atoms with Gasteiger partial charge >= 0.3 is 0 Å². The van der Waals surface area contributed by atoms with Crippen molar-refractivity contribution in [3.05, 3.63) is 64.3 Å². The number of nitrogen functional groups attached to an aromatic ring is 1. The van der Waals surface area contributed by atoms with Gasteiger partial charge in [-0.15, -0.1) is 0 Å². The van der Waals surface area contributed by atoms with Gasteiger partial charge in [-0.2, -0.15) is 0 Å². The van der Waals surface area contributed by atoms with Gasteiger partial charge < -0.3 is 5.73 Å². The molecule has 0 bridgehead atoms. The van der Waals surface area contributed by atoms with Gasteiger partial charge in [-0.25, -0.2) is 18.3 Å². The van der Waals surface area contributed by atoms with E-state index in [1.807, 2.05) is 0 Å². The Morgan fingerprint density at radius 2 is 1.66 bits per heavy atom. The summed E-state index contributed by atoms with van der Waals surface area (Å²) in [6.07, 6.45) is 1.11. The first-order chi connectivity index (χ1) is 13.5. The predicted molar refractivity (Wildman–Crippen MR) is 112 cm³/mol. The minimum Gasteiger partial charge on any atom is -0.399 e. The zero-order chi connectivity index (χ0) is 21.1. The molecule has 2 heterocycles. The molecule has 3 aromatic rings. The van der Waals surface area contributed by atoms with Crippen LogP contribution in [0.3, 0.4) is 0 Å². The van der Waals surface area contributed by atoms with Crippen molar-refractivity contribution in [2.75, 3.05) is 10.6 Å². The average molecular weight is 472 g/mol. The van der Waals surface area contributed by atoms with E-state index in [9.17, 15) is 13.2 Å². The molecule has 0 radical (unpaired) electrons. The normalized spacial score (nSPS) is 18.9. The molecule has 1 aromatic heterocycles. The summed E-state index contributed by atoms with van der Waals surface area (Å²) in [5.41, 5.74) is 5.66. The first-order valence-corrected chi connectivity index (χ1v) is 11.3. The molecule has 2 N–H and O–H groups in total. The van der Waals surface area contributed by atoms with Crippen LogP contribution in [0.2, 0.25) is 10.0 Å². The number of carbonyl (C=O) groups is 1. The molecule has 11 heteroatoms. The number of imidazole rings is 1. The van der Waals surface area contributed by atoms with Crippen LogP contribution < -0.4 is 10.6 Å². The fourth-order valence-electron chi connectivity index (χ4n) is 3.44. The van der Waals surface area contributed by atoms with Crippen molar-refractivity contribution in [1.29, 1.82) is 0 Å². The molecule has 0 aliphatic carbocycles. The largest absolute Gasteiger partial charge is 0.399 e. The first kappa shape index (κ1) is 20.0. The Morgan fingerprint density at radius 3 is 2.21 bits per heavy atom. The molecule has 0 saturated carbocycles. The Labute approximate surface area is 181 Å². The fourth-order valence-corrected chi connectivity index (χ4v) is 4.94. The first-order valence-electron chi connectivity index (χ1n) is 8.23. The van der Waals surface area contributed by atoms with Gasteiger partial charge in [-0.05, 0) is 42.8 Å². The minimum atomic E-state index is -4.20. The maximum Gasteiger partial charge on any atom is 0.278 e. The van der Waals surface area contributed by atoms with E-state index in [0.717, 1.165) is 6.20 Å². The molecule has 0 saturated heterocycles. The third-order valence-corrected chi connectivity index (χ3v) is 6.50. The highest BCUT2D eigenvalue weighted by Gasteiger charge is 2.52. The number of rotatable bonds is 3. The molecule has 0 fully saturated rings. The second-order valence-corrected chi connectivity index (χ2v) is 10.0. The highest BCUT2D eigenvalue weighted by molar-refractivity contribution is 8.13. The molecule has 4 rings (SSSR count). The van der Waals surface area contributed by atoms with Crippen LogP contribution in [0.4, 0.5) is 17.3 Å². The molecule has 1 atom stereocenters. The number of anilines is 3. The average Bonchev–Trinajstić information content (AvgIpc) is 3.14. The zero-order valence-corrected chi connectivity index (χ0v) is 17.9. The highest BCUT2D eigenvalue weighted by atomic mass is 35.7. The molecular formula is C18H13Cl3N4O3S. The number of aromatic nitrogens is 2. The lowest BCUT2D eigenvalue weighted by Gasteiger charge is -2.26. The van der Waals surface area contributed by atoms with Gasteiger partial charge in [0.05, 0.1) is 11.9 Å². The van der Waals surface area contributed by atoms with E-state index in [1.54, 1.807) is 31.2 Å². The third kappa shape index (κ3) is 3.07. The van der Waals surface area contributed by atoms with E-state index in [2.05, 4.69) is 4.98 Å². The number of nitrogens with zero attached hydrogens (tertiary/aromatic N) is 3. The Balaban J connectivity index is 2.03. The van der Waals surface area contributed by atoms with Crippen LogP contribution in [0.15, 0.2) is 53.7 Å². The smallest absolute Gasteiger partial charge is 0.278 e. The van der Waals surface area contributed by atoms with Gasteiger partial charge in [0.2, 0.25) is 5.95 Å². The minimum absolute atomic E-state index is 0.0758. The maximum absolute atomic E-state index is 13.6. The van der Waals surface area contributed by atoms with Crippen molar-refractivity contribution >= 4 is 66.2 Å². The lowest BCUT2D eigenvalue weighted by molar-refractivity contribution is -0.122. The Bertz CT molecular complexity index is 1240. The summed E-state index contributed by atoms with van der Waals surface area (Å²) in [6.45, 7) is 1.59. The van der Waals surface area contributed by atoms with E-state index >= 15 is 0 Å². The summed E-state index contributed by atoms with van der Waals surface area (Å²) in [4.78, 5) is 19.1. The molecular weight excluding hydrogens is 459 g/mol. The number of benzene rings is 2. The van der Waals surface area contributed by atoms with Crippen LogP contribution in [-0.2, 0) is 19.4 Å². The van der Waals surface area contributed by atoms with Crippen LogP contribution in [0.1, 0.15) is 12.5 Å². The highest BCUT2D eigenvalue weighted by Crippen LogP contribution is 2.46. The Kier molecular flexibility index (Phi) is 4.58. The van der Waals surface area contributed by atoms with Crippen molar-refractivity contribution in [3.63, 3.8) is 0 Å². The van der Waals surface area contributed by atoms with Gasteiger partial charge in [-0.3, -0.25) is 9.36 Å². The van der Waals surface area contributed by atoms with E-state index in [4.69, 9.17) is 39.6 Å². The second-order valence-electron chi connectivity index (χ2n) is 6.63. The van der Waals surface area contributed by atoms with E-state index in [-0.39, 0.29) is 11.0 Å². The van der Waals surface area contributed by atoms with Crippen LogP contribution in [0, 0.1) is 0 Å². The van der Waals surface area contributed by atoms with Crippen molar-refractivity contribution < 1.29 is 13.2 Å². The fraction of sp³-hybridized carbons (Fsp3) is 0.111. The molecule has 1 aliphatic heterocycles. The van der Waals surface area contributed by atoms with Gasteiger partial charge in [0.15, 0.2) is 10.6 Å². The van der Waals surface area contributed by atoms with Crippen molar-refractivity contribution in [2.45, 2.75) is 17.5 Å². The van der Waals surface area contributed by atoms with E-state index < -0.39 is 20.5 Å². The summed E-state index contributed by atoms with van der Waals surface area (Å²) in [7, 11) is 1.43. The van der Waals surface area contributed by atoms with Crippen molar-refractivity contribution in [2.24, 2.45) is 0 Å². The summed E-state index contributed by atoms with van der Waals surface area (Å²) < 4.78 is 25.7. The van der Waals surface area contributed by atoms with E-state index in [0.29, 0.717) is 27.0 Å². The lowest BCUT2D eigenvalue weighted by atomic mass is 9.91. The second kappa shape index (κ2) is 6.63. The standard InChI is InChI=1S/C18H13Cl3N4O3S/c1-18(10-2-4-13(22)5-3-10)16(26)24(14-7-11(19)6-12(20)8-14)17-23-9-15(25(17)18)29(21,27)28/h2-9H,22H2,1H3/t18-/m1/s1. The number of fused-ring (bicyclic) bond motifs is 1. The SMILES string of the molecule is C[C@@]1(c2ccc(N)cc2)C(=O)N(c2cc(Cl)cc(Cl)c2)c2ncc(S(=O)(=O)Cl)n21. The number of hydrogen-bond acceptors (Lipinski definition) is 5. The van der Waals surface area contributed by atoms with Crippen molar-refractivity contribution in [1.82, 2.24) is 9.55 Å². The number of hydrogen-bond donors (Lipinski definition) is 1.